The van der Waals surface area contributed by atoms with Crippen molar-refractivity contribution in [2.75, 3.05) is 0 Å². The number of rotatable bonds is 3. The Balaban J connectivity index is 1.75. The third kappa shape index (κ3) is 0.915. The van der Waals surface area contributed by atoms with E-state index in [9.17, 15) is 0 Å². The molecule has 74 valence electrons. The average Bonchev–Trinajstić information content (AvgIpc) is 2.10. The van der Waals surface area contributed by atoms with Crippen LogP contribution in [0.15, 0.2) is 18.5 Å². The molecule has 0 saturated heterocycles. The minimum Gasteiger partial charge on any atom is -0.241 e. The summed E-state index contributed by atoms with van der Waals surface area (Å²) in [5.74, 6) is 1.10. The second-order valence-corrected chi connectivity index (χ2v) is 5.13. The maximum Gasteiger partial charge on any atom is 0.134 e. The van der Waals surface area contributed by atoms with Crippen molar-refractivity contribution in [3.8, 4) is 0 Å². The molecule has 2 bridgehead atoms. The third-order valence-electron chi connectivity index (χ3n) is 3.96. The number of nitrogens with zero attached hydrogens (tertiary/aromatic N) is 2. The van der Waals surface area contributed by atoms with Crippen LogP contribution in [0.4, 0.5) is 0 Å². The highest BCUT2D eigenvalue weighted by molar-refractivity contribution is 5.30. The summed E-state index contributed by atoms with van der Waals surface area (Å²) in [6.07, 6.45) is 10.5. The van der Waals surface area contributed by atoms with Crippen LogP contribution >= 0.6 is 0 Å². The molecule has 1 aromatic heterocycles. The molecule has 0 aliphatic heterocycles. The molecule has 3 aliphatic carbocycles. The quantitative estimate of drug-likeness (QED) is 0.728. The molecule has 14 heavy (non-hydrogen) atoms. The molecule has 2 nitrogen and oxygen atoms in total. The van der Waals surface area contributed by atoms with Crippen LogP contribution in [-0.4, -0.2) is 9.97 Å². The van der Waals surface area contributed by atoms with E-state index in [-0.39, 0.29) is 0 Å². The summed E-state index contributed by atoms with van der Waals surface area (Å²) < 4.78 is 0. The molecular formula is C12H16N2. The fraction of sp³-hybridized carbons (Fsp3) is 0.667. The Bertz CT molecular complexity index is 325. The van der Waals surface area contributed by atoms with E-state index in [1.165, 1.54) is 32.1 Å². The highest BCUT2D eigenvalue weighted by atomic mass is 14.9. The monoisotopic (exact) mass is 188 g/mol. The molecule has 0 radical (unpaired) electrons. The highest BCUT2D eigenvalue weighted by Crippen LogP contribution is 2.74. The molecule has 2 heteroatoms. The Hall–Kier alpha value is -0.920. The van der Waals surface area contributed by atoms with Gasteiger partial charge in [-0.1, -0.05) is 13.3 Å². The van der Waals surface area contributed by atoms with Gasteiger partial charge in [0.2, 0.25) is 0 Å². The van der Waals surface area contributed by atoms with Gasteiger partial charge in [0, 0.05) is 17.8 Å². The molecule has 1 heterocycles. The Labute approximate surface area is 84.8 Å². The van der Waals surface area contributed by atoms with E-state index in [4.69, 9.17) is 0 Å². The van der Waals surface area contributed by atoms with Crippen molar-refractivity contribution in [3.05, 3.63) is 24.3 Å². The van der Waals surface area contributed by atoms with Gasteiger partial charge in [-0.2, -0.15) is 0 Å². The van der Waals surface area contributed by atoms with Crippen molar-refractivity contribution in [2.45, 2.75) is 44.4 Å². The van der Waals surface area contributed by atoms with Gasteiger partial charge < -0.3 is 0 Å². The van der Waals surface area contributed by atoms with E-state index in [1.807, 2.05) is 18.5 Å². The van der Waals surface area contributed by atoms with Crippen LogP contribution in [0.3, 0.4) is 0 Å². The Morgan fingerprint density at radius 1 is 1.21 bits per heavy atom. The summed E-state index contributed by atoms with van der Waals surface area (Å²) in [5, 5.41) is 0. The first-order valence-electron chi connectivity index (χ1n) is 5.56. The largest absolute Gasteiger partial charge is 0.241 e. The Kier molecular flexibility index (Phi) is 1.53. The first-order chi connectivity index (χ1) is 6.79. The molecule has 0 unspecified atom stereocenters. The maximum atomic E-state index is 4.39. The fourth-order valence-corrected chi connectivity index (χ4v) is 3.60. The predicted octanol–water partition coefficient (Wildman–Crippen LogP) is 2.70. The van der Waals surface area contributed by atoms with Crippen molar-refractivity contribution in [1.82, 2.24) is 9.97 Å². The molecule has 1 aromatic rings. The van der Waals surface area contributed by atoms with Crippen molar-refractivity contribution in [1.29, 1.82) is 0 Å². The van der Waals surface area contributed by atoms with Crippen LogP contribution in [0.2, 0.25) is 0 Å². The van der Waals surface area contributed by atoms with E-state index in [1.54, 1.807) is 0 Å². The van der Waals surface area contributed by atoms with Crippen LogP contribution in [0.5, 0.6) is 0 Å². The molecule has 4 rings (SSSR count). The average molecular weight is 188 g/mol. The molecule has 3 aliphatic rings. The van der Waals surface area contributed by atoms with Crippen LogP contribution < -0.4 is 0 Å². The van der Waals surface area contributed by atoms with Crippen molar-refractivity contribution in [2.24, 2.45) is 5.41 Å². The maximum absolute atomic E-state index is 4.39. The summed E-state index contributed by atoms with van der Waals surface area (Å²) in [6.45, 7) is 2.28. The van der Waals surface area contributed by atoms with Gasteiger partial charge in [-0.3, -0.25) is 0 Å². The lowest BCUT2D eigenvalue weighted by molar-refractivity contribution is -0.151. The number of aromatic nitrogens is 2. The highest BCUT2D eigenvalue weighted by Gasteiger charge is 2.68. The number of hydrogen-bond acceptors (Lipinski definition) is 2. The third-order valence-corrected chi connectivity index (χ3v) is 3.96. The Morgan fingerprint density at radius 2 is 1.86 bits per heavy atom. The van der Waals surface area contributed by atoms with Crippen molar-refractivity contribution >= 4 is 0 Å². The van der Waals surface area contributed by atoms with Crippen LogP contribution in [0.25, 0.3) is 0 Å². The SMILES string of the molecule is CCCC12CC(c3ncccn3)(C1)C2. The summed E-state index contributed by atoms with van der Waals surface area (Å²) in [7, 11) is 0. The minimum absolute atomic E-state index is 0.399. The molecule has 0 spiro atoms. The number of hydrogen-bond donors (Lipinski definition) is 0. The standard InChI is InChI=1S/C12H16N2/c1-2-4-11-7-12(8-11,9-11)10-13-5-3-6-14-10/h3,5-6H,2,4,7-9H2,1H3. The zero-order chi connectivity index (χ0) is 9.65. The smallest absolute Gasteiger partial charge is 0.134 e. The molecule has 3 fully saturated rings. The summed E-state index contributed by atoms with van der Waals surface area (Å²) >= 11 is 0. The van der Waals surface area contributed by atoms with E-state index in [0.29, 0.717) is 10.8 Å². The van der Waals surface area contributed by atoms with E-state index in [0.717, 1.165) is 5.82 Å². The molecule has 0 atom stereocenters. The van der Waals surface area contributed by atoms with Gasteiger partial charge in [0.25, 0.3) is 0 Å². The zero-order valence-corrected chi connectivity index (χ0v) is 8.66. The van der Waals surface area contributed by atoms with E-state index < -0.39 is 0 Å². The summed E-state index contributed by atoms with van der Waals surface area (Å²) in [5.41, 5.74) is 1.10. The molecule has 0 aromatic carbocycles. The van der Waals surface area contributed by atoms with Crippen molar-refractivity contribution < 1.29 is 0 Å². The summed E-state index contributed by atoms with van der Waals surface area (Å²) in [4.78, 5) is 8.78. The lowest BCUT2D eigenvalue weighted by Gasteiger charge is -2.70. The minimum atomic E-state index is 0.399. The lowest BCUT2D eigenvalue weighted by Crippen LogP contribution is -2.64. The zero-order valence-electron chi connectivity index (χ0n) is 8.66. The summed E-state index contributed by atoms with van der Waals surface area (Å²) in [6, 6.07) is 1.90. The van der Waals surface area contributed by atoms with Crippen LogP contribution in [0.1, 0.15) is 44.9 Å². The van der Waals surface area contributed by atoms with Gasteiger partial charge in [-0.25, -0.2) is 9.97 Å². The molecule has 0 N–H and O–H groups in total. The molecule has 0 amide bonds. The fourth-order valence-electron chi connectivity index (χ4n) is 3.60. The first-order valence-corrected chi connectivity index (χ1v) is 5.56. The lowest BCUT2D eigenvalue weighted by atomic mass is 9.34. The van der Waals surface area contributed by atoms with Crippen molar-refractivity contribution in [3.63, 3.8) is 0 Å². The second kappa shape index (κ2) is 2.56. The molecule has 3 saturated carbocycles. The molecular weight excluding hydrogens is 172 g/mol. The van der Waals surface area contributed by atoms with Gasteiger partial charge in [-0.15, -0.1) is 0 Å². The van der Waals surface area contributed by atoms with Gasteiger partial charge in [-0.05, 0) is 37.2 Å². The van der Waals surface area contributed by atoms with Gasteiger partial charge >= 0.3 is 0 Å². The first kappa shape index (κ1) is 8.39. The second-order valence-electron chi connectivity index (χ2n) is 5.13. The van der Waals surface area contributed by atoms with Gasteiger partial charge in [0.05, 0.1) is 0 Å². The normalized spacial score (nSPS) is 38.6. The van der Waals surface area contributed by atoms with Crippen LogP contribution in [0, 0.1) is 5.41 Å². The predicted molar refractivity (Wildman–Crippen MR) is 54.9 cm³/mol. The van der Waals surface area contributed by atoms with Gasteiger partial charge in [0.15, 0.2) is 0 Å². The topological polar surface area (TPSA) is 25.8 Å². The van der Waals surface area contributed by atoms with E-state index in [2.05, 4.69) is 16.9 Å². The van der Waals surface area contributed by atoms with Gasteiger partial charge in [0.1, 0.15) is 5.82 Å². The van der Waals surface area contributed by atoms with E-state index >= 15 is 0 Å². The Morgan fingerprint density at radius 3 is 2.43 bits per heavy atom. The van der Waals surface area contributed by atoms with Crippen LogP contribution in [-0.2, 0) is 5.41 Å².